The number of benzene rings is 1. The summed E-state index contributed by atoms with van der Waals surface area (Å²) in [6.07, 6.45) is 3.98. The van der Waals surface area contributed by atoms with E-state index in [1.165, 1.54) is 0 Å². The first-order valence-electron chi connectivity index (χ1n) is 5.81. The Morgan fingerprint density at radius 1 is 1.35 bits per heavy atom. The minimum absolute atomic E-state index is 0.439. The lowest BCUT2D eigenvalue weighted by molar-refractivity contribution is 0.835. The summed E-state index contributed by atoms with van der Waals surface area (Å²) in [6, 6.07) is 7.27. The van der Waals surface area contributed by atoms with Gasteiger partial charge in [-0.1, -0.05) is 13.3 Å². The number of nitroso groups, excluding NO2 is 1. The highest BCUT2D eigenvalue weighted by molar-refractivity contribution is 5.97. The Labute approximate surface area is 100 Å². The molecular formula is C13H15N3O. The van der Waals surface area contributed by atoms with Crippen LogP contribution in [-0.4, -0.2) is 11.5 Å². The number of hydrogen-bond acceptors (Lipinski definition) is 4. The molecule has 0 aliphatic rings. The summed E-state index contributed by atoms with van der Waals surface area (Å²) < 4.78 is 0. The van der Waals surface area contributed by atoms with Crippen LogP contribution in [0.2, 0.25) is 0 Å². The molecule has 0 fully saturated rings. The van der Waals surface area contributed by atoms with E-state index in [1.54, 1.807) is 12.3 Å². The van der Waals surface area contributed by atoms with Crippen LogP contribution in [0.25, 0.3) is 10.9 Å². The molecule has 88 valence electrons. The number of pyridine rings is 1. The Kier molecular flexibility index (Phi) is 3.65. The second-order valence-corrected chi connectivity index (χ2v) is 3.90. The van der Waals surface area contributed by atoms with E-state index in [0.29, 0.717) is 5.69 Å². The molecule has 0 unspecified atom stereocenters. The van der Waals surface area contributed by atoms with E-state index in [9.17, 15) is 4.91 Å². The highest BCUT2D eigenvalue weighted by atomic mass is 16.3. The maximum atomic E-state index is 10.7. The number of rotatable bonds is 5. The smallest absolute Gasteiger partial charge is 0.117 e. The molecule has 1 aromatic heterocycles. The van der Waals surface area contributed by atoms with Crippen LogP contribution in [-0.2, 0) is 0 Å². The third-order valence-electron chi connectivity index (χ3n) is 2.69. The SMILES string of the molecule is CCCCNc1ccc(N=O)c2cccnc12. The van der Waals surface area contributed by atoms with E-state index in [1.807, 2.05) is 18.2 Å². The van der Waals surface area contributed by atoms with Gasteiger partial charge in [-0.05, 0) is 35.9 Å². The second kappa shape index (κ2) is 5.39. The molecule has 17 heavy (non-hydrogen) atoms. The molecule has 0 aliphatic heterocycles. The van der Waals surface area contributed by atoms with Crippen molar-refractivity contribution in [1.82, 2.24) is 4.98 Å². The first kappa shape index (κ1) is 11.5. The van der Waals surface area contributed by atoms with Crippen molar-refractivity contribution in [1.29, 1.82) is 0 Å². The van der Waals surface area contributed by atoms with Gasteiger partial charge in [-0.3, -0.25) is 4.98 Å². The number of unbranched alkanes of at least 4 members (excludes halogenated alkanes) is 1. The van der Waals surface area contributed by atoms with E-state index >= 15 is 0 Å². The van der Waals surface area contributed by atoms with Crippen molar-refractivity contribution in [3.05, 3.63) is 35.4 Å². The van der Waals surface area contributed by atoms with Gasteiger partial charge in [0.2, 0.25) is 0 Å². The van der Waals surface area contributed by atoms with Crippen LogP contribution >= 0.6 is 0 Å². The fourth-order valence-corrected chi connectivity index (χ4v) is 1.78. The molecule has 2 aromatic rings. The normalized spacial score (nSPS) is 10.4. The van der Waals surface area contributed by atoms with Crippen molar-refractivity contribution in [2.75, 3.05) is 11.9 Å². The van der Waals surface area contributed by atoms with Crippen LogP contribution < -0.4 is 5.32 Å². The molecule has 0 radical (unpaired) electrons. The van der Waals surface area contributed by atoms with Gasteiger partial charge in [-0.15, -0.1) is 4.91 Å². The zero-order valence-corrected chi connectivity index (χ0v) is 9.81. The van der Waals surface area contributed by atoms with Gasteiger partial charge in [0.25, 0.3) is 0 Å². The van der Waals surface area contributed by atoms with Crippen molar-refractivity contribution in [3.8, 4) is 0 Å². The largest absolute Gasteiger partial charge is 0.383 e. The molecule has 0 amide bonds. The molecule has 1 aromatic carbocycles. The lowest BCUT2D eigenvalue weighted by Crippen LogP contribution is -2.01. The molecule has 0 atom stereocenters. The number of anilines is 1. The zero-order valence-electron chi connectivity index (χ0n) is 9.81. The van der Waals surface area contributed by atoms with Crippen molar-refractivity contribution in [3.63, 3.8) is 0 Å². The van der Waals surface area contributed by atoms with E-state index in [0.717, 1.165) is 36.0 Å². The summed E-state index contributed by atoms with van der Waals surface area (Å²) in [5.41, 5.74) is 2.20. The van der Waals surface area contributed by atoms with Gasteiger partial charge >= 0.3 is 0 Å². The number of aromatic nitrogens is 1. The molecule has 1 N–H and O–H groups in total. The van der Waals surface area contributed by atoms with E-state index in [4.69, 9.17) is 0 Å². The molecule has 4 nitrogen and oxygen atoms in total. The maximum Gasteiger partial charge on any atom is 0.117 e. The third kappa shape index (κ3) is 2.41. The molecule has 0 aliphatic carbocycles. The Bertz CT molecular complexity index is 525. The molecule has 0 spiro atoms. The van der Waals surface area contributed by atoms with Gasteiger partial charge in [0.05, 0.1) is 11.2 Å². The van der Waals surface area contributed by atoms with E-state index in [2.05, 4.69) is 22.4 Å². The van der Waals surface area contributed by atoms with Crippen molar-refractivity contribution in [2.24, 2.45) is 5.18 Å². The van der Waals surface area contributed by atoms with Crippen LogP contribution in [0, 0.1) is 4.91 Å². The van der Waals surface area contributed by atoms with Gasteiger partial charge in [0, 0.05) is 18.1 Å². The Balaban J connectivity index is 2.40. The van der Waals surface area contributed by atoms with Gasteiger partial charge in [-0.25, -0.2) is 0 Å². The topological polar surface area (TPSA) is 54.4 Å². The van der Waals surface area contributed by atoms with Gasteiger partial charge in [0.15, 0.2) is 0 Å². The minimum atomic E-state index is 0.439. The fraction of sp³-hybridized carbons (Fsp3) is 0.308. The minimum Gasteiger partial charge on any atom is -0.383 e. The predicted octanol–water partition coefficient (Wildman–Crippen LogP) is 3.84. The Hall–Kier alpha value is -1.97. The lowest BCUT2D eigenvalue weighted by atomic mass is 10.1. The lowest BCUT2D eigenvalue weighted by Gasteiger charge is -2.09. The molecule has 0 bridgehead atoms. The highest BCUT2D eigenvalue weighted by Gasteiger charge is 2.06. The predicted molar refractivity (Wildman–Crippen MR) is 70.6 cm³/mol. The van der Waals surface area contributed by atoms with E-state index in [-0.39, 0.29) is 0 Å². The quantitative estimate of drug-likeness (QED) is 0.626. The average molecular weight is 229 g/mol. The summed E-state index contributed by atoms with van der Waals surface area (Å²) in [7, 11) is 0. The second-order valence-electron chi connectivity index (χ2n) is 3.90. The summed E-state index contributed by atoms with van der Waals surface area (Å²) in [5, 5.41) is 7.15. The van der Waals surface area contributed by atoms with Crippen molar-refractivity contribution >= 4 is 22.3 Å². The van der Waals surface area contributed by atoms with Crippen molar-refractivity contribution in [2.45, 2.75) is 19.8 Å². The van der Waals surface area contributed by atoms with Crippen LogP contribution in [0.3, 0.4) is 0 Å². The molecule has 1 heterocycles. The summed E-state index contributed by atoms with van der Waals surface area (Å²) in [5.74, 6) is 0. The number of nitrogens with one attached hydrogen (secondary N) is 1. The Morgan fingerprint density at radius 3 is 3.00 bits per heavy atom. The summed E-state index contributed by atoms with van der Waals surface area (Å²) >= 11 is 0. The number of hydrogen-bond donors (Lipinski definition) is 1. The Morgan fingerprint density at radius 2 is 2.24 bits per heavy atom. The average Bonchev–Trinajstić information content (AvgIpc) is 2.39. The van der Waals surface area contributed by atoms with Crippen LogP contribution in [0.5, 0.6) is 0 Å². The summed E-state index contributed by atoms with van der Waals surface area (Å²) in [6.45, 7) is 3.06. The first-order valence-corrected chi connectivity index (χ1v) is 5.81. The van der Waals surface area contributed by atoms with Gasteiger partial charge in [0.1, 0.15) is 5.69 Å². The summed E-state index contributed by atoms with van der Waals surface area (Å²) in [4.78, 5) is 15.0. The van der Waals surface area contributed by atoms with Gasteiger partial charge < -0.3 is 5.32 Å². The van der Waals surface area contributed by atoms with Gasteiger partial charge in [-0.2, -0.15) is 0 Å². The highest BCUT2D eigenvalue weighted by Crippen LogP contribution is 2.29. The zero-order chi connectivity index (χ0) is 12.1. The fourth-order valence-electron chi connectivity index (χ4n) is 1.78. The van der Waals surface area contributed by atoms with Crippen molar-refractivity contribution < 1.29 is 0 Å². The van der Waals surface area contributed by atoms with Crippen LogP contribution in [0.15, 0.2) is 35.6 Å². The monoisotopic (exact) mass is 229 g/mol. The van der Waals surface area contributed by atoms with Crippen LogP contribution in [0.4, 0.5) is 11.4 Å². The molecule has 2 rings (SSSR count). The number of fused-ring (bicyclic) bond motifs is 1. The maximum absolute atomic E-state index is 10.7. The van der Waals surface area contributed by atoms with Crippen LogP contribution in [0.1, 0.15) is 19.8 Å². The van der Waals surface area contributed by atoms with E-state index < -0.39 is 0 Å². The third-order valence-corrected chi connectivity index (χ3v) is 2.69. The molecule has 0 saturated carbocycles. The standard InChI is InChI=1S/C13H15N3O/c1-2-3-8-14-12-7-6-11(16-17)10-5-4-9-15-13(10)12/h4-7,9,14H,2-3,8H2,1H3. The molecule has 0 saturated heterocycles. The molecule has 4 heteroatoms. The first-order chi connectivity index (χ1) is 8.36. The number of nitrogens with zero attached hydrogens (tertiary/aromatic N) is 2. The molecular weight excluding hydrogens is 214 g/mol.